The maximum absolute atomic E-state index is 10.9. The molecule has 0 radical (unpaired) electrons. The molecule has 0 heterocycles. The summed E-state index contributed by atoms with van der Waals surface area (Å²) in [5.74, 6) is -0.462. The van der Waals surface area contributed by atoms with Crippen LogP contribution in [-0.4, -0.2) is 29.3 Å². The Kier molecular flexibility index (Phi) is 4.14. The molecule has 0 aliphatic carbocycles. The van der Waals surface area contributed by atoms with Crippen LogP contribution < -0.4 is 10.4 Å². The molecule has 92 valence electrons. The zero-order valence-electron chi connectivity index (χ0n) is 9.93. The number of hydrogen-bond acceptors (Lipinski definition) is 4. The zero-order chi connectivity index (χ0) is 13.1. The van der Waals surface area contributed by atoms with Crippen molar-refractivity contribution in [2.45, 2.75) is 25.8 Å². The van der Waals surface area contributed by atoms with Gasteiger partial charge in [-0.15, -0.1) is 0 Å². The lowest BCUT2D eigenvalue weighted by atomic mass is 9.93. The van der Waals surface area contributed by atoms with Gasteiger partial charge in [0.1, 0.15) is 11.3 Å². The molecule has 0 saturated heterocycles. The van der Waals surface area contributed by atoms with E-state index in [0.717, 1.165) is 11.1 Å². The summed E-state index contributed by atoms with van der Waals surface area (Å²) >= 11 is 0. The average Bonchev–Trinajstić information content (AvgIpc) is 2.21. The number of aryl methyl sites for hydroxylation is 1. The molecule has 1 rings (SSSR count). The molecule has 0 amide bonds. The van der Waals surface area contributed by atoms with Crippen molar-refractivity contribution in [3.63, 3.8) is 0 Å². The van der Waals surface area contributed by atoms with Gasteiger partial charge < -0.3 is 20.5 Å². The van der Waals surface area contributed by atoms with Crippen molar-refractivity contribution in [1.82, 2.24) is 0 Å². The number of nitrogens with two attached hydrogens (primary N) is 1. The Morgan fingerprint density at radius 3 is 2.71 bits per heavy atom. The van der Waals surface area contributed by atoms with Gasteiger partial charge in [0.25, 0.3) is 0 Å². The number of hydrogen-bond donors (Lipinski definition) is 3. The second-order valence-electron chi connectivity index (χ2n) is 4.27. The molecule has 5 nitrogen and oxygen atoms in total. The minimum atomic E-state index is -1.29. The average molecular weight is 237 g/mol. The van der Waals surface area contributed by atoms with Gasteiger partial charge in [-0.05, 0) is 31.0 Å². The molecular formula is C11H16BNO4. The van der Waals surface area contributed by atoms with Crippen molar-refractivity contribution in [1.29, 1.82) is 0 Å². The van der Waals surface area contributed by atoms with E-state index in [1.165, 1.54) is 6.92 Å². The summed E-state index contributed by atoms with van der Waals surface area (Å²) in [5, 5.41) is 17.6. The number of carboxylic acid groups (broad SMARTS) is 1. The first-order chi connectivity index (χ1) is 7.86. The largest absolute Gasteiger partial charge is 0.539 e. The first-order valence-corrected chi connectivity index (χ1v) is 5.22. The number of carboxylic acids is 1. The Labute approximate surface area is 101 Å². The predicted molar refractivity (Wildman–Crippen MR) is 65.1 cm³/mol. The van der Waals surface area contributed by atoms with Gasteiger partial charge in [-0.1, -0.05) is 12.1 Å². The highest BCUT2D eigenvalue weighted by Crippen LogP contribution is 2.21. The molecular weight excluding hydrogens is 221 g/mol. The third kappa shape index (κ3) is 3.47. The van der Waals surface area contributed by atoms with Crippen molar-refractivity contribution in [3.8, 4) is 5.75 Å². The van der Waals surface area contributed by atoms with Crippen molar-refractivity contribution in [2.75, 3.05) is 0 Å². The summed E-state index contributed by atoms with van der Waals surface area (Å²) in [7, 11) is -0.385. The molecule has 0 aliphatic heterocycles. The van der Waals surface area contributed by atoms with Crippen LogP contribution in [0.5, 0.6) is 5.75 Å². The highest BCUT2D eigenvalue weighted by molar-refractivity contribution is 6.17. The molecule has 0 fully saturated rings. The lowest BCUT2D eigenvalue weighted by Gasteiger charge is -2.19. The number of rotatable bonds is 5. The SMILES string of the molecule is Cc1cc(C[C@](C)(N)C(=O)O)ccc1OBO. The van der Waals surface area contributed by atoms with Gasteiger partial charge in [0, 0.05) is 6.42 Å². The van der Waals surface area contributed by atoms with Gasteiger partial charge in [0.15, 0.2) is 0 Å². The van der Waals surface area contributed by atoms with Gasteiger partial charge in [-0.3, -0.25) is 4.79 Å². The molecule has 1 atom stereocenters. The van der Waals surface area contributed by atoms with E-state index in [9.17, 15) is 4.79 Å². The zero-order valence-corrected chi connectivity index (χ0v) is 9.93. The minimum absolute atomic E-state index is 0.239. The van der Waals surface area contributed by atoms with Crippen molar-refractivity contribution < 1.29 is 19.6 Å². The highest BCUT2D eigenvalue weighted by Gasteiger charge is 2.28. The van der Waals surface area contributed by atoms with Gasteiger partial charge in [0.05, 0.1) is 0 Å². The van der Waals surface area contributed by atoms with Crippen LogP contribution in [0, 0.1) is 6.92 Å². The van der Waals surface area contributed by atoms with E-state index in [1.54, 1.807) is 18.2 Å². The molecule has 0 unspecified atom stereocenters. The van der Waals surface area contributed by atoms with Crippen LogP contribution in [0.25, 0.3) is 0 Å². The molecule has 4 N–H and O–H groups in total. The van der Waals surface area contributed by atoms with Crippen LogP contribution >= 0.6 is 0 Å². The molecule has 1 aromatic rings. The third-order valence-electron chi connectivity index (χ3n) is 2.52. The van der Waals surface area contributed by atoms with Crippen LogP contribution in [0.4, 0.5) is 0 Å². The lowest BCUT2D eigenvalue weighted by Crippen LogP contribution is -2.46. The Hall–Kier alpha value is -1.53. The lowest BCUT2D eigenvalue weighted by molar-refractivity contribution is -0.142. The molecule has 0 aromatic heterocycles. The second-order valence-corrected chi connectivity index (χ2v) is 4.27. The van der Waals surface area contributed by atoms with E-state index in [-0.39, 0.29) is 14.1 Å². The fourth-order valence-corrected chi connectivity index (χ4v) is 1.55. The molecule has 0 aliphatic rings. The third-order valence-corrected chi connectivity index (χ3v) is 2.52. The Morgan fingerprint density at radius 2 is 2.24 bits per heavy atom. The Bertz CT molecular complexity index is 420. The summed E-state index contributed by atoms with van der Waals surface area (Å²) < 4.78 is 4.98. The second kappa shape index (κ2) is 5.20. The first-order valence-electron chi connectivity index (χ1n) is 5.22. The molecule has 0 spiro atoms. The Balaban J connectivity index is 2.87. The van der Waals surface area contributed by atoms with E-state index in [1.807, 2.05) is 6.92 Å². The fraction of sp³-hybridized carbons (Fsp3) is 0.364. The molecule has 17 heavy (non-hydrogen) atoms. The van der Waals surface area contributed by atoms with E-state index >= 15 is 0 Å². The quantitative estimate of drug-likeness (QED) is 0.625. The van der Waals surface area contributed by atoms with E-state index in [4.69, 9.17) is 20.5 Å². The molecule has 1 aromatic carbocycles. The molecule has 0 saturated carbocycles. The van der Waals surface area contributed by atoms with Crippen LogP contribution in [0.2, 0.25) is 0 Å². The summed E-state index contributed by atoms with van der Waals surface area (Å²) in [5.41, 5.74) is 6.03. The minimum Gasteiger partial charge on any atom is -0.539 e. The monoisotopic (exact) mass is 237 g/mol. The van der Waals surface area contributed by atoms with Crippen molar-refractivity contribution >= 4 is 13.7 Å². The van der Waals surface area contributed by atoms with Crippen molar-refractivity contribution in [2.24, 2.45) is 5.73 Å². The maximum atomic E-state index is 10.9. The number of carbonyl (C=O) groups is 1. The Morgan fingerprint density at radius 1 is 1.59 bits per heavy atom. The van der Waals surface area contributed by atoms with Gasteiger partial charge in [-0.25, -0.2) is 0 Å². The van der Waals surface area contributed by atoms with Crippen molar-refractivity contribution in [3.05, 3.63) is 29.3 Å². The predicted octanol–water partition coefficient (Wildman–Crippen LogP) is -0.0229. The summed E-state index contributed by atoms with van der Waals surface area (Å²) in [4.78, 5) is 10.9. The maximum Gasteiger partial charge on any atom is 0.504 e. The molecule has 0 bridgehead atoms. The van der Waals surface area contributed by atoms with Crippen LogP contribution in [0.1, 0.15) is 18.1 Å². The summed E-state index contributed by atoms with van der Waals surface area (Å²) in [6.45, 7) is 3.30. The number of benzene rings is 1. The summed E-state index contributed by atoms with van der Waals surface area (Å²) in [6.07, 6.45) is 0.239. The van der Waals surface area contributed by atoms with Gasteiger partial charge >= 0.3 is 13.7 Å². The van der Waals surface area contributed by atoms with E-state index < -0.39 is 11.5 Å². The van der Waals surface area contributed by atoms with E-state index in [2.05, 4.69) is 0 Å². The van der Waals surface area contributed by atoms with Crippen LogP contribution in [0.3, 0.4) is 0 Å². The van der Waals surface area contributed by atoms with Crippen LogP contribution in [0.15, 0.2) is 18.2 Å². The molecule has 6 heteroatoms. The van der Waals surface area contributed by atoms with Gasteiger partial charge in [-0.2, -0.15) is 0 Å². The van der Waals surface area contributed by atoms with Gasteiger partial charge in [0.2, 0.25) is 0 Å². The first kappa shape index (κ1) is 13.5. The fourth-order valence-electron chi connectivity index (χ4n) is 1.55. The smallest absolute Gasteiger partial charge is 0.504 e. The van der Waals surface area contributed by atoms with Crippen LogP contribution in [-0.2, 0) is 11.2 Å². The highest BCUT2D eigenvalue weighted by atomic mass is 16.5. The van der Waals surface area contributed by atoms with E-state index in [0.29, 0.717) is 5.75 Å². The number of aliphatic carboxylic acids is 1. The topological polar surface area (TPSA) is 92.8 Å². The summed E-state index contributed by atoms with van der Waals surface area (Å²) in [6, 6.07) is 5.24. The normalized spacial score (nSPS) is 13.9. The standard InChI is InChI=1S/C11H16BNO4/c1-7-5-8(3-4-9(7)17-12-16)6-11(2,13)10(14)15/h3-5,12,16H,6,13H2,1-2H3,(H,14,15)/t11-/m0/s1.